The number of aromatic nitrogens is 2. The fourth-order valence-electron chi connectivity index (χ4n) is 2.58. The van der Waals surface area contributed by atoms with Gasteiger partial charge in [-0.15, -0.1) is 0 Å². The molecule has 2 aromatic carbocycles. The van der Waals surface area contributed by atoms with E-state index in [4.69, 9.17) is 9.47 Å². The molecule has 0 bridgehead atoms. The zero-order valence-electron chi connectivity index (χ0n) is 14.7. The van der Waals surface area contributed by atoms with E-state index in [-0.39, 0.29) is 0 Å². The zero-order valence-corrected chi connectivity index (χ0v) is 15.5. The Morgan fingerprint density at radius 2 is 1.88 bits per heavy atom. The number of aryl methyl sites for hydroxylation is 1. The third-order valence-corrected chi connectivity index (χ3v) is 4.82. The van der Waals surface area contributed by atoms with Crippen molar-refractivity contribution in [2.75, 3.05) is 13.7 Å². The summed E-state index contributed by atoms with van der Waals surface area (Å²) in [5.41, 5.74) is 3.06. The van der Waals surface area contributed by atoms with Crippen LogP contribution in [0.15, 0.2) is 64.4 Å². The van der Waals surface area contributed by atoms with Crippen molar-refractivity contribution in [3.8, 4) is 17.0 Å². The van der Waals surface area contributed by atoms with Gasteiger partial charge in [-0.1, -0.05) is 36.0 Å². The fourth-order valence-corrected chi connectivity index (χ4v) is 3.51. The van der Waals surface area contributed by atoms with Crippen LogP contribution in [0, 0.1) is 6.92 Å². The highest BCUT2D eigenvalue weighted by atomic mass is 32.2. The number of hydrogen-bond acceptors (Lipinski definition) is 4. The second-order valence-corrected chi connectivity index (χ2v) is 6.69. The van der Waals surface area contributed by atoms with Crippen molar-refractivity contribution in [3.05, 3.63) is 60.3 Å². The summed E-state index contributed by atoms with van der Waals surface area (Å²) < 4.78 is 13.0. The van der Waals surface area contributed by atoms with Crippen molar-refractivity contribution >= 4 is 11.8 Å². The Bertz CT molecular complexity index is 831. The van der Waals surface area contributed by atoms with Crippen LogP contribution >= 0.6 is 11.8 Å². The molecule has 0 aliphatic rings. The van der Waals surface area contributed by atoms with Gasteiger partial charge in [-0.25, -0.2) is 4.68 Å². The molecule has 0 saturated heterocycles. The lowest BCUT2D eigenvalue weighted by molar-refractivity contribution is 0.0802. The number of benzene rings is 2. The van der Waals surface area contributed by atoms with Gasteiger partial charge in [0, 0.05) is 17.1 Å². The number of hydrogen-bond donors (Lipinski definition) is 0. The van der Waals surface area contributed by atoms with Crippen LogP contribution in [0.2, 0.25) is 0 Å². The van der Waals surface area contributed by atoms with E-state index in [0.29, 0.717) is 13.3 Å². The van der Waals surface area contributed by atoms with Crippen molar-refractivity contribution in [2.45, 2.75) is 30.4 Å². The smallest absolute Gasteiger partial charge is 0.140 e. The van der Waals surface area contributed by atoms with E-state index in [1.807, 2.05) is 36.7 Å². The molecule has 130 valence electrons. The molecule has 0 spiro atoms. The summed E-state index contributed by atoms with van der Waals surface area (Å²) in [6, 6.07) is 18.6. The highest BCUT2D eigenvalue weighted by Crippen LogP contribution is 2.37. The van der Waals surface area contributed by atoms with Crippen molar-refractivity contribution in [1.29, 1.82) is 0 Å². The Balaban J connectivity index is 1.91. The first-order valence-corrected chi connectivity index (χ1v) is 9.06. The van der Waals surface area contributed by atoms with Crippen LogP contribution in [0.25, 0.3) is 11.3 Å². The quantitative estimate of drug-likeness (QED) is 0.597. The molecule has 25 heavy (non-hydrogen) atoms. The van der Waals surface area contributed by atoms with Crippen molar-refractivity contribution < 1.29 is 9.47 Å². The summed E-state index contributed by atoms with van der Waals surface area (Å²) in [4.78, 5) is 2.27. The summed E-state index contributed by atoms with van der Waals surface area (Å²) in [5.74, 6) is 0.855. The molecule has 4 nitrogen and oxygen atoms in total. The minimum atomic E-state index is 0.447. The Hall–Kier alpha value is -2.24. The Labute approximate surface area is 152 Å². The Morgan fingerprint density at radius 3 is 2.60 bits per heavy atom. The van der Waals surface area contributed by atoms with E-state index in [0.717, 1.165) is 27.6 Å². The molecule has 1 heterocycles. The molecule has 3 aromatic rings. The van der Waals surface area contributed by atoms with E-state index in [2.05, 4.69) is 41.5 Å². The number of rotatable bonds is 7. The van der Waals surface area contributed by atoms with E-state index in [1.54, 1.807) is 18.9 Å². The second kappa shape index (κ2) is 8.23. The van der Waals surface area contributed by atoms with Gasteiger partial charge in [0.15, 0.2) is 0 Å². The van der Waals surface area contributed by atoms with Gasteiger partial charge in [0.05, 0.1) is 23.4 Å². The van der Waals surface area contributed by atoms with Crippen molar-refractivity contribution in [3.63, 3.8) is 0 Å². The fraction of sp³-hybridized carbons (Fsp3) is 0.250. The van der Waals surface area contributed by atoms with Gasteiger partial charge in [0.1, 0.15) is 12.5 Å². The maximum absolute atomic E-state index is 5.63. The minimum absolute atomic E-state index is 0.447. The monoisotopic (exact) mass is 354 g/mol. The summed E-state index contributed by atoms with van der Waals surface area (Å²) in [5, 5.41) is 4.52. The SMILES string of the molecule is CCOCn1nc(C)cc1-c1ccc(Sc2ccccc2)c(OC)c1. The lowest BCUT2D eigenvalue weighted by atomic mass is 10.1. The molecule has 0 radical (unpaired) electrons. The van der Waals surface area contributed by atoms with E-state index < -0.39 is 0 Å². The highest BCUT2D eigenvalue weighted by molar-refractivity contribution is 7.99. The lowest BCUT2D eigenvalue weighted by Crippen LogP contribution is -2.06. The molecule has 0 aliphatic carbocycles. The molecule has 0 amide bonds. The molecule has 0 unspecified atom stereocenters. The first kappa shape index (κ1) is 17.6. The first-order chi connectivity index (χ1) is 12.2. The summed E-state index contributed by atoms with van der Waals surface area (Å²) >= 11 is 1.69. The predicted molar refractivity (Wildman–Crippen MR) is 101 cm³/mol. The van der Waals surface area contributed by atoms with Crippen LogP contribution in [-0.2, 0) is 11.5 Å². The van der Waals surface area contributed by atoms with Gasteiger partial charge >= 0.3 is 0 Å². The highest BCUT2D eigenvalue weighted by Gasteiger charge is 2.12. The molecule has 0 fully saturated rings. The van der Waals surface area contributed by atoms with Gasteiger partial charge in [0.2, 0.25) is 0 Å². The standard InChI is InChI=1S/C20H22N2O2S/c1-4-24-14-22-18(12-15(2)21-22)16-10-11-20(19(13-16)23-3)25-17-8-6-5-7-9-17/h5-13H,4,14H2,1-3H3. The zero-order chi connectivity index (χ0) is 17.6. The van der Waals surface area contributed by atoms with Crippen LogP contribution in [-0.4, -0.2) is 23.5 Å². The second-order valence-electron chi connectivity index (χ2n) is 5.57. The average molecular weight is 354 g/mol. The van der Waals surface area contributed by atoms with Crippen molar-refractivity contribution in [2.24, 2.45) is 0 Å². The third-order valence-electron chi connectivity index (χ3n) is 3.75. The van der Waals surface area contributed by atoms with Gasteiger partial charge in [-0.3, -0.25) is 0 Å². The molecule has 5 heteroatoms. The van der Waals surface area contributed by atoms with Crippen LogP contribution in [0.4, 0.5) is 0 Å². The molecule has 0 saturated carbocycles. The van der Waals surface area contributed by atoms with Crippen LogP contribution in [0.5, 0.6) is 5.75 Å². The minimum Gasteiger partial charge on any atom is -0.496 e. The van der Waals surface area contributed by atoms with Gasteiger partial charge in [-0.2, -0.15) is 5.10 Å². The normalized spacial score (nSPS) is 10.8. The molecule has 1 aromatic heterocycles. The number of methoxy groups -OCH3 is 1. The van der Waals surface area contributed by atoms with Crippen LogP contribution < -0.4 is 4.74 Å². The van der Waals surface area contributed by atoms with Crippen LogP contribution in [0.1, 0.15) is 12.6 Å². The van der Waals surface area contributed by atoms with E-state index in [9.17, 15) is 0 Å². The predicted octanol–water partition coefficient (Wildman–Crippen LogP) is 5.01. The molecule has 0 N–H and O–H groups in total. The van der Waals surface area contributed by atoms with Gasteiger partial charge in [-0.05, 0) is 44.2 Å². The summed E-state index contributed by atoms with van der Waals surface area (Å²) in [6.45, 7) is 5.08. The Kier molecular flexibility index (Phi) is 5.79. The molecular weight excluding hydrogens is 332 g/mol. The first-order valence-electron chi connectivity index (χ1n) is 8.24. The Morgan fingerprint density at radius 1 is 1.08 bits per heavy atom. The maximum Gasteiger partial charge on any atom is 0.140 e. The van der Waals surface area contributed by atoms with Crippen molar-refractivity contribution in [1.82, 2.24) is 9.78 Å². The van der Waals surface area contributed by atoms with Gasteiger partial charge in [0.25, 0.3) is 0 Å². The maximum atomic E-state index is 5.63. The number of nitrogens with zero attached hydrogens (tertiary/aromatic N) is 2. The van der Waals surface area contributed by atoms with Gasteiger partial charge < -0.3 is 9.47 Å². The lowest BCUT2D eigenvalue weighted by Gasteiger charge is -2.12. The molecule has 0 atom stereocenters. The van der Waals surface area contributed by atoms with E-state index in [1.165, 1.54) is 4.90 Å². The molecule has 3 rings (SSSR count). The third kappa shape index (κ3) is 4.24. The average Bonchev–Trinajstić information content (AvgIpc) is 3.02. The van der Waals surface area contributed by atoms with E-state index >= 15 is 0 Å². The molecular formula is C20H22N2O2S. The topological polar surface area (TPSA) is 36.3 Å². The summed E-state index contributed by atoms with van der Waals surface area (Å²) in [6.07, 6.45) is 0. The van der Waals surface area contributed by atoms with Crippen LogP contribution in [0.3, 0.4) is 0 Å². The summed E-state index contributed by atoms with van der Waals surface area (Å²) in [7, 11) is 1.71. The number of ether oxygens (including phenoxy) is 2. The largest absolute Gasteiger partial charge is 0.496 e. The molecule has 0 aliphatic heterocycles.